The average molecular weight is 506 g/mol. The molecule has 0 unspecified atom stereocenters. The summed E-state index contributed by atoms with van der Waals surface area (Å²) in [5.74, 6) is 0.486. The zero-order valence-corrected chi connectivity index (χ0v) is 24.4. The minimum atomic E-state index is -0.750. The number of rotatable bonds is 1. The number of fused-ring (bicyclic) bond motifs is 1. The smallest absolute Gasteiger partial charge is 0.850 e. The monoisotopic (exact) mass is 504 g/mol. The second-order valence-electron chi connectivity index (χ2n) is 9.69. The quantitative estimate of drug-likeness (QED) is 0.559. The van der Waals surface area contributed by atoms with Gasteiger partial charge in [0, 0.05) is 41.7 Å². The van der Waals surface area contributed by atoms with Crippen molar-refractivity contribution in [2.24, 2.45) is 7.05 Å². The van der Waals surface area contributed by atoms with E-state index in [4.69, 9.17) is 4.74 Å². The van der Waals surface area contributed by atoms with Crippen molar-refractivity contribution in [3.63, 3.8) is 0 Å². The summed E-state index contributed by atoms with van der Waals surface area (Å²) in [6, 6.07) is 8.68. The molecule has 7 heteroatoms. The van der Waals surface area contributed by atoms with Crippen LogP contribution in [0.3, 0.4) is 0 Å². The van der Waals surface area contributed by atoms with E-state index in [1.807, 2.05) is 25.7 Å². The molecule has 1 aromatic carbocycles. The average Bonchev–Trinajstić information content (AvgIpc) is 2.88. The minimum absolute atomic E-state index is 0. The van der Waals surface area contributed by atoms with E-state index in [0.717, 1.165) is 30.4 Å². The number of carbonyl (C=O) groups is 1. The maximum absolute atomic E-state index is 12.2. The van der Waals surface area contributed by atoms with E-state index in [1.54, 1.807) is 20.8 Å². The predicted molar refractivity (Wildman–Crippen MR) is 120 cm³/mol. The van der Waals surface area contributed by atoms with E-state index in [0.29, 0.717) is 5.92 Å². The number of halogens is 1. The number of hydrogen-bond acceptors (Lipinski definition) is 3. The van der Waals surface area contributed by atoms with Gasteiger partial charge in [0.05, 0.1) is 0 Å². The Morgan fingerprint density at radius 1 is 1.10 bits per heavy atom. The number of ether oxygens (including phenoxy) is 1. The summed E-state index contributed by atoms with van der Waals surface area (Å²) in [7, 11) is 2.13. The standard InChI is InChI=1S/C19H25BrN2O2.C4H9O.K/c1-19(2,3)24-18(23)22-9-7-13(8-10-22)16-11-14-5-6-15(20)12-17(14)21(16)4;1-4(2,3)5;/h5-6,11-13H,7-10H2,1-4H3;1-3H3;/q;-1;+1. The van der Waals surface area contributed by atoms with E-state index < -0.39 is 11.2 Å². The molecule has 1 aliphatic rings. The van der Waals surface area contributed by atoms with Gasteiger partial charge >= 0.3 is 57.5 Å². The Bertz CT molecular complexity index is 838. The van der Waals surface area contributed by atoms with Crippen molar-refractivity contribution in [3.05, 3.63) is 34.4 Å². The fourth-order valence-electron chi connectivity index (χ4n) is 3.40. The Kier molecular flexibility index (Phi) is 10.6. The third kappa shape index (κ3) is 8.92. The molecule has 1 aromatic heterocycles. The number of carbonyl (C=O) groups excluding carboxylic acids is 1. The summed E-state index contributed by atoms with van der Waals surface area (Å²) in [5, 5.41) is 11.4. The van der Waals surface area contributed by atoms with E-state index in [1.165, 1.54) is 16.6 Å². The fraction of sp³-hybridized carbons (Fsp3) is 0.609. The molecule has 1 amide bonds. The second kappa shape index (κ2) is 11.3. The largest absolute Gasteiger partial charge is 1.00 e. The van der Waals surface area contributed by atoms with E-state index in [9.17, 15) is 9.90 Å². The molecule has 0 spiro atoms. The van der Waals surface area contributed by atoms with Crippen molar-refractivity contribution in [2.45, 2.75) is 71.5 Å². The number of aromatic nitrogens is 1. The number of hydrogen-bond donors (Lipinski definition) is 0. The first-order chi connectivity index (χ1) is 13.2. The van der Waals surface area contributed by atoms with Crippen molar-refractivity contribution in [2.75, 3.05) is 13.1 Å². The molecule has 30 heavy (non-hydrogen) atoms. The van der Waals surface area contributed by atoms with Crippen LogP contribution in [0.4, 0.5) is 4.79 Å². The van der Waals surface area contributed by atoms with Crippen LogP contribution in [0.5, 0.6) is 0 Å². The molecule has 162 valence electrons. The summed E-state index contributed by atoms with van der Waals surface area (Å²) in [4.78, 5) is 14.0. The van der Waals surface area contributed by atoms with Crippen LogP contribution in [0.1, 0.15) is 66.0 Å². The molecule has 3 rings (SSSR count). The SMILES string of the molecule is CC(C)(C)[O-].Cn1c(C2CCN(C(=O)OC(C)(C)C)CC2)cc2ccc(Br)cc21.[K+]. The van der Waals surface area contributed by atoms with Crippen LogP contribution in [0.15, 0.2) is 28.7 Å². The van der Waals surface area contributed by atoms with E-state index >= 15 is 0 Å². The summed E-state index contributed by atoms with van der Waals surface area (Å²) < 4.78 is 8.86. The molecule has 5 nitrogen and oxygen atoms in total. The van der Waals surface area contributed by atoms with E-state index in [-0.39, 0.29) is 57.5 Å². The second-order valence-corrected chi connectivity index (χ2v) is 10.6. The Labute approximate surface area is 232 Å². The van der Waals surface area contributed by atoms with Crippen LogP contribution < -0.4 is 56.5 Å². The van der Waals surface area contributed by atoms with Gasteiger partial charge in [-0.1, -0.05) is 42.8 Å². The third-order valence-corrected chi connectivity index (χ3v) is 5.10. The van der Waals surface area contributed by atoms with Crippen LogP contribution in [-0.2, 0) is 11.8 Å². The first kappa shape index (κ1) is 28.1. The summed E-state index contributed by atoms with van der Waals surface area (Å²) in [5.41, 5.74) is 1.41. The molecule has 0 radical (unpaired) electrons. The molecule has 1 saturated heterocycles. The number of amides is 1. The molecule has 0 bridgehead atoms. The van der Waals surface area contributed by atoms with Crippen LogP contribution >= 0.6 is 15.9 Å². The van der Waals surface area contributed by atoms with Gasteiger partial charge in [-0.05, 0) is 57.2 Å². The zero-order chi connectivity index (χ0) is 22.0. The number of benzene rings is 1. The van der Waals surface area contributed by atoms with Crippen LogP contribution in [0.2, 0.25) is 0 Å². The fourth-order valence-corrected chi connectivity index (χ4v) is 3.75. The molecule has 0 aliphatic carbocycles. The normalized spacial score (nSPS) is 15.3. The van der Waals surface area contributed by atoms with Crippen molar-refractivity contribution in [1.29, 1.82) is 0 Å². The summed E-state index contributed by atoms with van der Waals surface area (Å²) in [6.45, 7) is 12.1. The minimum Gasteiger partial charge on any atom is -0.850 e. The molecular formula is C23H34BrKN2O3. The van der Waals surface area contributed by atoms with Gasteiger partial charge in [-0.15, -0.1) is 5.60 Å². The van der Waals surface area contributed by atoms with Crippen molar-refractivity contribution < 1.29 is 66.0 Å². The van der Waals surface area contributed by atoms with Crippen LogP contribution in [0.25, 0.3) is 10.9 Å². The maximum Gasteiger partial charge on any atom is 1.00 e. The van der Waals surface area contributed by atoms with Gasteiger partial charge in [0.2, 0.25) is 0 Å². The Hall–Kier alpha value is 0.106. The van der Waals surface area contributed by atoms with Gasteiger partial charge in [0.25, 0.3) is 0 Å². The maximum atomic E-state index is 12.2. The molecule has 0 N–H and O–H groups in total. The zero-order valence-electron chi connectivity index (χ0n) is 19.7. The van der Waals surface area contributed by atoms with Crippen LogP contribution in [-0.4, -0.2) is 39.9 Å². The molecule has 0 atom stereocenters. The molecule has 1 fully saturated rings. The van der Waals surface area contributed by atoms with Crippen molar-refractivity contribution in [3.8, 4) is 0 Å². The Balaban J connectivity index is 0.000000674. The van der Waals surface area contributed by atoms with Crippen molar-refractivity contribution >= 4 is 32.9 Å². The van der Waals surface area contributed by atoms with Crippen LogP contribution in [0, 0.1) is 0 Å². The first-order valence-corrected chi connectivity index (χ1v) is 11.0. The van der Waals surface area contributed by atoms with Gasteiger partial charge in [-0.3, -0.25) is 0 Å². The van der Waals surface area contributed by atoms with E-state index in [2.05, 4.69) is 51.8 Å². The first-order valence-electron chi connectivity index (χ1n) is 10.2. The molecule has 0 saturated carbocycles. The van der Waals surface area contributed by atoms with Gasteiger partial charge in [-0.25, -0.2) is 4.79 Å². The topological polar surface area (TPSA) is 57.5 Å². The third-order valence-electron chi connectivity index (χ3n) is 4.61. The molecule has 2 aromatic rings. The van der Waals surface area contributed by atoms with Gasteiger partial charge in [0.1, 0.15) is 5.60 Å². The number of likely N-dealkylation sites (tertiary alicyclic amines) is 1. The summed E-state index contributed by atoms with van der Waals surface area (Å²) in [6.07, 6.45) is 1.76. The molecular weight excluding hydrogens is 471 g/mol. The van der Waals surface area contributed by atoms with Gasteiger partial charge in [0.15, 0.2) is 0 Å². The molecule has 1 aliphatic heterocycles. The number of piperidine rings is 1. The van der Waals surface area contributed by atoms with Gasteiger partial charge < -0.3 is 19.3 Å². The number of nitrogens with zero attached hydrogens (tertiary/aromatic N) is 2. The molecule has 2 heterocycles. The summed E-state index contributed by atoms with van der Waals surface area (Å²) >= 11 is 3.55. The van der Waals surface area contributed by atoms with Gasteiger partial charge in [-0.2, -0.15) is 0 Å². The predicted octanol–water partition coefficient (Wildman–Crippen LogP) is 2.20. The number of aryl methyl sites for hydroxylation is 1. The Morgan fingerprint density at radius 2 is 1.63 bits per heavy atom. The Morgan fingerprint density at radius 3 is 2.13 bits per heavy atom. The van der Waals surface area contributed by atoms with Crippen molar-refractivity contribution in [1.82, 2.24) is 9.47 Å².